The molecule has 1 heterocycles. The van der Waals surface area contributed by atoms with E-state index in [0.29, 0.717) is 18.5 Å². The van der Waals surface area contributed by atoms with E-state index in [4.69, 9.17) is 5.26 Å². The van der Waals surface area contributed by atoms with Gasteiger partial charge in [0.2, 0.25) is 0 Å². The molecule has 3 nitrogen and oxygen atoms in total. The van der Waals surface area contributed by atoms with Gasteiger partial charge in [-0.05, 0) is 31.0 Å². The summed E-state index contributed by atoms with van der Waals surface area (Å²) < 4.78 is 38.2. The van der Waals surface area contributed by atoms with Gasteiger partial charge in [0, 0.05) is 18.7 Å². The van der Waals surface area contributed by atoms with E-state index >= 15 is 0 Å². The normalized spacial score (nSPS) is 19.5. The molecule has 0 spiro atoms. The average molecular weight is 282 g/mol. The highest BCUT2D eigenvalue weighted by Gasteiger charge is 2.42. The fourth-order valence-electron chi connectivity index (χ4n) is 2.33. The lowest BCUT2D eigenvalue weighted by Gasteiger charge is -2.33. The predicted octanol–water partition coefficient (Wildman–Crippen LogP) is 2.97. The summed E-state index contributed by atoms with van der Waals surface area (Å²) in [5, 5.41) is 8.78. The van der Waals surface area contributed by atoms with Gasteiger partial charge in [-0.3, -0.25) is 4.79 Å². The van der Waals surface area contributed by atoms with E-state index in [1.807, 2.05) is 6.07 Å². The molecule has 1 aromatic carbocycles. The van der Waals surface area contributed by atoms with Crippen molar-refractivity contribution in [3.05, 3.63) is 35.4 Å². The number of carbonyl (C=O) groups is 1. The Labute approximate surface area is 114 Å². The largest absolute Gasteiger partial charge is 0.393 e. The van der Waals surface area contributed by atoms with E-state index in [1.165, 1.54) is 17.0 Å². The number of alkyl halides is 3. The molecule has 1 amide bonds. The van der Waals surface area contributed by atoms with Gasteiger partial charge in [0.15, 0.2) is 0 Å². The molecule has 0 aliphatic carbocycles. The predicted molar refractivity (Wildman–Crippen MR) is 65.8 cm³/mol. The minimum Gasteiger partial charge on any atom is -0.338 e. The maximum absolute atomic E-state index is 12.7. The Kier molecular flexibility index (Phi) is 3.98. The number of halogens is 3. The maximum atomic E-state index is 12.7. The van der Waals surface area contributed by atoms with Crippen LogP contribution in [0.3, 0.4) is 0 Å². The summed E-state index contributed by atoms with van der Waals surface area (Å²) in [5.74, 6) is -1.91. The Bertz CT molecular complexity index is 548. The van der Waals surface area contributed by atoms with Crippen molar-refractivity contribution in [1.29, 1.82) is 5.26 Å². The SMILES string of the molecule is N#Cc1cccc(C(=O)N2CCC[C@@H](C(F)(F)F)C2)c1. The van der Waals surface area contributed by atoms with Crippen molar-refractivity contribution in [2.75, 3.05) is 13.1 Å². The Morgan fingerprint density at radius 2 is 2.15 bits per heavy atom. The first-order chi connectivity index (χ1) is 9.41. The standard InChI is InChI=1S/C14H13F3N2O/c15-14(16,17)12-5-2-6-19(9-12)13(20)11-4-1-3-10(7-11)8-18/h1,3-4,7,12H,2,5-6,9H2/t12-/m1/s1. The highest BCUT2D eigenvalue weighted by Crippen LogP contribution is 2.33. The molecule has 0 N–H and O–H groups in total. The molecule has 2 rings (SSSR count). The van der Waals surface area contributed by atoms with E-state index < -0.39 is 18.0 Å². The summed E-state index contributed by atoms with van der Waals surface area (Å²) in [7, 11) is 0. The quantitative estimate of drug-likeness (QED) is 0.794. The molecule has 0 bridgehead atoms. The van der Waals surface area contributed by atoms with E-state index in [2.05, 4.69) is 0 Å². The summed E-state index contributed by atoms with van der Waals surface area (Å²) in [6.07, 6.45) is -3.87. The summed E-state index contributed by atoms with van der Waals surface area (Å²) in [6.45, 7) is 0.0152. The van der Waals surface area contributed by atoms with Gasteiger partial charge in [0.25, 0.3) is 5.91 Å². The number of piperidine rings is 1. The molecule has 0 saturated carbocycles. The number of likely N-dealkylation sites (tertiary alicyclic amines) is 1. The number of benzene rings is 1. The number of hydrogen-bond acceptors (Lipinski definition) is 2. The van der Waals surface area contributed by atoms with Gasteiger partial charge in [-0.1, -0.05) is 6.07 Å². The average Bonchev–Trinajstić information content (AvgIpc) is 2.46. The Balaban J connectivity index is 2.14. The van der Waals surface area contributed by atoms with Crippen LogP contribution in [0.5, 0.6) is 0 Å². The van der Waals surface area contributed by atoms with Crippen LogP contribution in [0.4, 0.5) is 13.2 Å². The summed E-state index contributed by atoms with van der Waals surface area (Å²) in [5.41, 5.74) is 0.576. The summed E-state index contributed by atoms with van der Waals surface area (Å²) >= 11 is 0. The van der Waals surface area contributed by atoms with Crippen LogP contribution in [0.1, 0.15) is 28.8 Å². The molecular formula is C14H13F3N2O. The zero-order valence-electron chi connectivity index (χ0n) is 10.7. The molecule has 106 valence electrons. The highest BCUT2D eigenvalue weighted by atomic mass is 19.4. The lowest BCUT2D eigenvalue weighted by molar-refractivity contribution is -0.184. The van der Waals surface area contributed by atoms with Crippen LogP contribution >= 0.6 is 0 Å². The van der Waals surface area contributed by atoms with Crippen LogP contribution < -0.4 is 0 Å². The Morgan fingerprint density at radius 1 is 1.40 bits per heavy atom. The fraction of sp³-hybridized carbons (Fsp3) is 0.429. The monoisotopic (exact) mass is 282 g/mol. The molecule has 20 heavy (non-hydrogen) atoms. The van der Waals surface area contributed by atoms with Gasteiger partial charge in [0.05, 0.1) is 17.6 Å². The lowest BCUT2D eigenvalue weighted by atomic mass is 9.96. The van der Waals surface area contributed by atoms with Gasteiger partial charge >= 0.3 is 6.18 Å². The minimum absolute atomic E-state index is 0.0610. The van der Waals surface area contributed by atoms with Crippen LogP contribution in [-0.4, -0.2) is 30.1 Å². The molecule has 1 aromatic rings. The van der Waals surface area contributed by atoms with Gasteiger partial charge in [-0.2, -0.15) is 18.4 Å². The first kappa shape index (κ1) is 14.4. The molecule has 1 aliphatic rings. The Morgan fingerprint density at radius 3 is 2.80 bits per heavy atom. The van der Waals surface area contributed by atoms with Crippen LogP contribution in [0, 0.1) is 17.2 Å². The van der Waals surface area contributed by atoms with Gasteiger partial charge in [-0.25, -0.2) is 0 Å². The minimum atomic E-state index is -4.27. The van der Waals surface area contributed by atoms with Crippen LogP contribution in [-0.2, 0) is 0 Å². The van der Waals surface area contributed by atoms with Crippen molar-refractivity contribution in [2.24, 2.45) is 5.92 Å². The zero-order valence-corrected chi connectivity index (χ0v) is 10.7. The first-order valence-corrected chi connectivity index (χ1v) is 6.28. The number of amides is 1. The third-order valence-electron chi connectivity index (χ3n) is 3.41. The molecule has 0 aromatic heterocycles. The summed E-state index contributed by atoms with van der Waals surface area (Å²) in [6, 6.07) is 7.92. The number of rotatable bonds is 1. The van der Waals surface area contributed by atoms with Gasteiger partial charge in [-0.15, -0.1) is 0 Å². The molecular weight excluding hydrogens is 269 g/mol. The van der Waals surface area contributed by atoms with Crippen molar-refractivity contribution in [1.82, 2.24) is 4.90 Å². The molecule has 1 saturated heterocycles. The van der Waals surface area contributed by atoms with E-state index in [0.717, 1.165) is 0 Å². The molecule has 0 radical (unpaired) electrons. The molecule has 1 atom stereocenters. The van der Waals surface area contributed by atoms with Crippen molar-refractivity contribution in [3.63, 3.8) is 0 Å². The fourth-order valence-corrected chi connectivity index (χ4v) is 2.33. The second kappa shape index (κ2) is 5.53. The lowest BCUT2D eigenvalue weighted by Crippen LogP contribution is -2.44. The molecule has 1 aliphatic heterocycles. The second-order valence-corrected chi connectivity index (χ2v) is 4.82. The smallest absolute Gasteiger partial charge is 0.338 e. The van der Waals surface area contributed by atoms with Crippen molar-refractivity contribution in [2.45, 2.75) is 19.0 Å². The third kappa shape index (κ3) is 3.10. The topological polar surface area (TPSA) is 44.1 Å². The van der Waals surface area contributed by atoms with Crippen LogP contribution in [0.25, 0.3) is 0 Å². The first-order valence-electron chi connectivity index (χ1n) is 6.28. The maximum Gasteiger partial charge on any atom is 0.393 e. The molecule has 0 unspecified atom stereocenters. The zero-order chi connectivity index (χ0) is 14.8. The van der Waals surface area contributed by atoms with Crippen molar-refractivity contribution < 1.29 is 18.0 Å². The number of nitrogens with zero attached hydrogens (tertiary/aromatic N) is 2. The molecule has 6 heteroatoms. The number of carbonyl (C=O) groups excluding carboxylic acids is 1. The van der Waals surface area contributed by atoms with Crippen molar-refractivity contribution >= 4 is 5.91 Å². The van der Waals surface area contributed by atoms with Gasteiger partial charge < -0.3 is 4.90 Å². The highest BCUT2D eigenvalue weighted by molar-refractivity contribution is 5.94. The van der Waals surface area contributed by atoms with E-state index in [-0.39, 0.29) is 18.5 Å². The second-order valence-electron chi connectivity index (χ2n) is 4.82. The van der Waals surface area contributed by atoms with Crippen LogP contribution in [0.2, 0.25) is 0 Å². The summed E-state index contributed by atoms with van der Waals surface area (Å²) in [4.78, 5) is 13.4. The van der Waals surface area contributed by atoms with Gasteiger partial charge in [0.1, 0.15) is 0 Å². The van der Waals surface area contributed by atoms with Crippen LogP contribution in [0.15, 0.2) is 24.3 Å². The number of nitriles is 1. The number of hydrogen-bond donors (Lipinski definition) is 0. The van der Waals surface area contributed by atoms with E-state index in [1.54, 1.807) is 12.1 Å². The Hall–Kier alpha value is -2.03. The van der Waals surface area contributed by atoms with Crippen molar-refractivity contribution in [3.8, 4) is 6.07 Å². The third-order valence-corrected chi connectivity index (χ3v) is 3.41. The molecule has 1 fully saturated rings. The van der Waals surface area contributed by atoms with E-state index in [9.17, 15) is 18.0 Å².